The Balaban J connectivity index is 2.60. The summed E-state index contributed by atoms with van der Waals surface area (Å²) >= 11 is 0. The third-order valence-electron chi connectivity index (χ3n) is 1.78. The number of fused-ring (bicyclic) bond motifs is 1. The van der Waals surface area contributed by atoms with E-state index in [-0.39, 0.29) is 5.89 Å². The van der Waals surface area contributed by atoms with Crippen LogP contribution in [0.4, 0.5) is 0 Å². The average molecular weight is 193 g/mol. The maximum Gasteiger partial charge on any atom is 0.392 e. The Bertz CT molecular complexity index is 489. The summed E-state index contributed by atoms with van der Waals surface area (Å²) in [5.41, 5.74) is 0.907. The lowest BCUT2D eigenvalue weighted by Crippen LogP contribution is -1.94. The molecule has 0 fully saturated rings. The highest BCUT2D eigenvalue weighted by Gasteiger charge is 2.12. The van der Waals surface area contributed by atoms with Gasteiger partial charge in [-0.05, 0) is 12.1 Å². The second-order valence-corrected chi connectivity index (χ2v) is 2.66. The molecule has 1 heterocycles. The second kappa shape index (κ2) is 3.02. The van der Waals surface area contributed by atoms with E-state index in [1.807, 2.05) is 0 Å². The van der Waals surface area contributed by atoms with E-state index in [0.29, 0.717) is 16.8 Å². The number of methoxy groups -OCH3 is 1. The van der Waals surface area contributed by atoms with Crippen molar-refractivity contribution in [3.05, 3.63) is 24.1 Å². The molecule has 14 heavy (non-hydrogen) atoms. The number of nitrogens with zero attached hydrogens (tertiary/aromatic N) is 1. The topological polar surface area (TPSA) is 72.6 Å². The average Bonchev–Trinajstić information content (AvgIpc) is 2.59. The number of hydrogen-bond donors (Lipinski definition) is 1. The Morgan fingerprint density at radius 2 is 2.36 bits per heavy atom. The highest BCUT2D eigenvalue weighted by molar-refractivity contribution is 5.86. The zero-order valence-electron chi connectivity index (χ0n) is 7.35. The number of aromatic carboxylic acids is 1. The van der Waals surface area contributed by atoms with E-state index >= 15 is 0 Å². The van der Waals surface area contributed by atoms with Crippen molar-refractivity contribution >= 4 is 17.1 Å². The number of oxazole rings is 1. The summed E-state index contributed by atoms with van der Waals surface area (Å²) in [5.74, 6) is -0.879. The van der Waals surface area contributed by atoms with Gasteiger partial charge in [-0.15, -0.1) is 0 Å². The van der Waals surface area contributed by atoms with Crippen molar-refractivity contribution < 1.29 is 19.1 Å². The van der Waals surface area contributed by atoms with Crippen LogP contribution in [0.1, 0.15) is 10.7 Å². The predicted octanol–water partition coefficient (Wildman–Crippen LogP) is 1.53. The highest BCUT2D eigenvalue weighted by atomic mass is 16.5. The second-order valence-electron chi connectivity index (χ2n) is 2.66. The zero-order valence-corrected chi connectivity index (χ0v) is 7.35. The van der Waals surface area contributed by atoms with Crippen LogP contribution in [0.15, 0.2) is 22.6 Å². The molecule has 0 aliphatic rings. The van der Waals surface area contributed by atoms with Crippen molar-refractivity contribution in [3.63, 3.8) is 0 Å². The van der Waals surface area contributed by atoms with Gasteiger partial charge in [0.15, 0.2) is 5.58 Å². The Labute approximate surface area is 78.9 Å². The van der Waals surface area contributed by atoms with E-state index in [2.05, 4.69) is 4.98 Å². The molecule has 0 radical (unpaired) electrons. The molecule has 5 heteroatoms. The Morgan fingerprint density at radius 3 is 3.00 bits per heavy atom. The van der Waals surface area contributed by atoms with Crippen molar-refractivity contribution in [3.8, 4) is 5.75 Å². The lowest BCUT2D eigenvalue weighted by atomic mass is 10.3. The maximum absolute atomic E-state index is 10.5. The fourth-order valence-electron chi connectivity index (χ4n) is 1.13. The first kappa shape index (κ1) is 8.55. The molecule has 0 spiro atoms. The molecule has 72 valence electrons. The summed E-state index contributed by atoms with van der Waals surface area (Å²) in [6, 6.07) is 4.91. The van der Waals surface area contributed by atoms with Gasteiger partial charge in [0.1, 0.15) is 11.3 Å². The van der Waals surface area contributed by atoms with E-state index in [4.69, 9.17) is 14.3 Å². The van der Waals surface area contributed by atoms with Gasteiger partial charge in [0.2, 0.25) is 0 Å². The summed E-state index contributed by atoms with van der Waals surface area (Å²) in [6.07, 6.45) is 0. The monoisotopic (exact) mass is 193 g/mol. The molecule has 1 aromatic carbocycles. The number of carboxylic acids is 1. The number of aromatic nitrogens is 1. The Morgan fingerprint density at radius 1 is 1.57 bits per heavy atom. The lowest BCUT2D eigenvalue weighted by molar-refractivity contribution is 0.0656. The van der Waals surface area contributed by atoms with E-state index in [1.165, 1.54) is 7.11 Å². The zero-order chi connectivity index (χ0) is 10.1. The van der Waals surface area contributed by atoms with Crippen LogP contribution in [-0.4, -0.2) is 23.2 Å². The normalized spacial score (nSPS) is 10.4. The summed E-state index contributed by atoms with van der Waals surface area (Å²) in [4.78, 5) is 14.3. The number of carbonyl (C=O) groups is 1. The molecule has 1 N–H and O–H groups in total. The largest absolute Gasteiger partial charge is 0.497 e. The van der Waals surface area contributed by atoms with E-state index in [1.54, 1.807) is 18.2 Å². The van der Waals surface area contributed by atoms with Gasteiger partial charge in [0.05, 0.1) is 7.11 Å². The van der Waals surface area contributed by atoms with E-state index in [0.717, 1.165) is 0 Å². The first-order valence-corrected chi connectivity index (χ1v) is 3.88. The van der Waals surface area contributed by atoms with Crippen molar-refractivity contribution in [2.24, 2.45) is 0 Å². The Kier molecular flexibility index (Phi) is 1.85. The van der Waals surface area contributed by atoms with Crippen LogP contribution < -0.4 is 4.74 Å². The standard InChI is InChI=1S/C9H7NO4/c1-13-5-2-3-7-6(4-5)10-8(14-7)9(11)12/h2-4H,1H3,(H,11,12). The first-order chi connectivity index (χ1) is 6.70. The van der Waals surface area contributed by atoms with Crippen LogP contribution in [0.25, 0.3) is 11.1 Å². The molecule has 0 amide bonds. The molecule has 1 aromatic heterocycles. The van der Waals surface area contributed by atoms with Gasteiger partial charge in [-0.2, -0.15) is 0 Å². The summed E-state index contributed by atoms with van der Waals surface area (Å²) < 4.78 is 9.93. The summed E-state index contributed by atoms with van der Waals surface area (Å²) in [5, 5.41) is 8.62. The molecule has 0 bridgehead atoms. The van der Waals surface area contributed by atoms with Crippen LogP contribution in [0.5, 0.6) is 5.75 Å². The molecule has 0 aliphatic heterocycles. The van der Waals surface area contributed by atoms with Crippen molar-refractivity contribution in [1.82, 2.24) is 4.98 Å². The number of hydrogen-bond acceptors (Lipinski definition) is 4. The van der Waals surface area contributed by atoms with E-state index in [9.17, 15) is 4.79 Å². The number of ether oxygens (including phenoxy) is 1. The maximum atomic E-state index is 10.5. The fraction of sp³-hybridized carbons (Fsp3) is 0.111. The lowest BCUT2D eigenvalue weighted by Gasteiger charge is -1.95. The minimum atomic E-state index is -1.18. The van der Waals surface area contributed by atoms with Gasteiger partial charge in [-0.1, -0.05) is 0 Å². The summed E-state index contributed by atoms with van der Waals surface area (Å²) in [7, 11) is 1.53. The molecular weight excluding hydrogens is 186 g/mol. The minimum absolute atomic E-state index is 0.312. The molecule has 0 unspecified atom stereocenters. The van der Waals surface area contributed by atoms with Crippen LogP contribution in [0.2, 0.25) is 0 Å². The SMILES string of the molecule is COc1ccc2oc(C(=O)O)nc2c1. The third-order valence-corrected chi connectivity index (χ3v) is 1.78. The molecule has 0 atom stereocenters. The number of carboxylic acid groups (broad SMARTS) is 1. The summed E-state index contributed by atoms with van der Waals surface area (Å²) in [6.45, 7) is 0. The van der Waals surface area contributed by atoms with Crippen LogP contribution in [0.3, 0.4) is 0 Å². The molecule has 0 aliphatic carbocycles. The number of rotatable bonds is 2. The molecule has 0 saturated carbocycles. The van der Waals surface area contributed by atoms with Crippen LogP contribution >= 0.6 is 0 Å². The minimum Gasteiger partial charge on any atom is -0.497 e. The van der Waals surface area contributed by atoms with Gasteiger partial charge < -0.3 is 14.3 Å². The van der Waals surface area contributed by atoms with Crippen LogP contribution in [0, 0.1) is 0 Å². The highest BCUT2D eigenvalue weighted by Crippen LogP contribution is 2.20. The van der Waals surface area contributed by atoms with Gasteiger partial charge in [-0.25, -0.2) is 9.78 Å². The molecule has 5 nitrogen and oxygen atoms in total. The Hall–Kier alpha value is -2.04. The molecular formula is C9H7NO4. The van der Waals surface area contributed by atoms with Gasteiger partial charge >= 0.3 is 11.9 Å². The van der Waals surface area contributed by atoms with Crippen molar-refractivity contribution in [2.75, 3.05) is 7.11 Å². The fourth-order valence-corrected chi connectivity index (χ4v) is 1.13. The third kappa shape index (κ3) is 1.28. The van der Waals surface area contributed by atoms with E-state index < -0.39 is 5.97 Å². The van der Waals surface area contributed by atoms with Gasteiger partial charge in [0.25, 0.3) is 0 Å². The van der Waals surface area contributed by atoms with Crippen molar-refractivity contribution in [2.45, 2.75) is 0 Å². The molecule has 2 aromatic rings. The van der Waals surface area contributed by atoms with Crippen molar-refractivity contribution in [1.29, 1.82) is 0 Å². The van der Waals surface area contributed by atoms with Gasteiger partial charge in [-0.3, -0.25) is 0 Å². The number of benzene rings is 1. The predicted molar refractivity (Wildman–Crippen MR) is 47.5 cm³/mol. The quantitative estimate of drug-likeness (QED) is 0.782. The first-order valence-electron chi connectivity index (χ1n) is 3.88. The van der Waals surface area contributed by atoms with Gasteiger partial charge in [0, 0.05) is 6.07 Å². The molecule has 0 saturated heterocycles. The smallest absolute Gasteiger partial charge is 0.392 e. The molecule has 2 rings (SSSR count). The van der Waals surface area contributed by atoms with Crippen LogP contribution in [-0.2, 0) is 0 Å².